The first-order valence-electron chi connectivity index (χ1n) is 9.08. The number of halogens is 3. The van der Waals surface area contributed by atoms with Gasteiger partial charge >= 0.3 is 6.18 Å². The molecule has 1 N–H and O–H groups in total. The number of alkyl halides is 3. The number of amides is 1. The van der Waals surface area contributed by atoms with Crippen LogP contribution in [-0.2, 0) is 24.1 Å². The Labute approximate surface area is 162 Å². The van der Waals surface area contributed by atoms with Crippen LogP contribution in [0.2, 0.25) is 0 Å². The summed E-state index contributed by atoms with van der Waals surface area (Å²) < 4.78 is 44.0. The maximum atomic E-state index is 12.8. The van der Waals surface area contributed by atoms with Crippen LogP contribution < -0.4 is 10.1 Å². The molecule has 1 aliphatic heterocycles. The number of carbonyl (C=O) groups is 1. The normalized spacial score (nSPS) is 15.2. The fraction of sp³-hybridized carbons (Fsp3) is 0.381. The van der Waals surface area contributed by atoms with E-state index in [1.54, 1.807) is 13.1 Å². The highest BCUT2D eigenvalue weighted by Crippen LogP contribution is 2.30. The molecule has 7 heteroatoms. The lowest BCUT2D eigenvalue weighted by atomic mass is 9.97. The second-order valence-electron chi connectivity index (χ2n) is 7.08. The Morgan fingerprint density at radius 2 is 1.96 bits per heavy atom. The summed E-state index contributed by atoms with van der Waals surface area (Å²) in [7, 11) is 1.65. The van der Waals surface area contributed by atoms with E-state index in [1.165, 1.54) is 6.07 Å². The van der Waals surface area contributed by atoms with Crippen molar-refractivity contribution in [2.24, 2.45) is 5.92 Å². The second kappa shape index (κ2) is 8.22. The van der Waals surface area contributed by atoms with E-state index in [1.807, 2.05) is 25.1 Å². The summed E-state index contributed by atoms with van der Waals surface area (Å²) in [6.07, 6.45) is -4.36. The van der Waals surface area contributed by atoms with E-state index in [0.717, 1.165) is 42.9 Å². The van der Waals surface area contributed by atoms with E-state index < -0.39 is 11.7 Å². The molecule has 0 atom stereocenters. The Morgan fingerprint density at radius 1 is 1.21 bits per heavy atom. The lowest BCUT2D eigenvalue weighted by Gasteiger charge is -2.38. The van der Waals surface area contributed by atoms with Crippen LogP contribution in [0, 0.1) is 12.8 Å². The van der Waals surface area contributed by atoms with Crippen molar-refractivity contribution in [2.45, 2.75) is 26.3 Å². The number of nitrogens with one attached hydrogen (secondary N) is 1. The molecule has 0 aromatic heterocycles. The molecule has 1 amide bonds. The number of carbonyl (C=O) groups excluding carboxylic acids is 1. The van der Waals surface area contributed by atoms with Crippen LogP contribution in [0.15, 0.2) is 42.5 Å². The lowest BCUT2D eigenvalue weighted by Crippen LogP contribution is -2.52. The molecule has 1 saturated heterocycles. The minimum Gasteiger partial charge on any atom is -0.489 e. The molecule has 2 aromatic carbocycles. The van der Waals surface area contributed by atoms with Crippen molar-refractivity contribution in [1.29, 1.82) is 0 Å². The van der Waals surface area contributed by atoms with Gasteiger partial charge in [-0.1, -0.05) is 18.2 Å². The molecule has 0 saturated carbocycles. The van der Waals surface area contributed by atoms with Gasteiger partial charge in [-0.15, -0.1) is 0 Å². The van der Waals surface area contributed by atoms with E-state index in [2.05, 4.69) is 10.2 Å². The van der Waals surface area contributed by atoms with Crippen LogP contribution in [0.3, 0.4) is 0 Å². The number of aryl methyl sites for hydroxylation is 1. The molecular formula is C21H23F3N2O2. The quantitative estimate of drug-likeness (QED) is 0.814. The van der Waals surface area contributed by atoms with E-state index in [4.69, 9.17) is 4.74 Å². The smallest absolute Gasteiger partial charge is 0.416 e. The molecule has 1 aliphatic rings. The summed E-state index contributed by atoms with van der Waals surface area (Å²) >= 11 is 0. The minimum atomic E-state index is -4.36. The van der Waals surface area contributed by atoms with Gasteiger partial charge in [0.15, 0.2) is 0 Å². The van der Waals surface area contributed by atoms with Gasteiger partial charge in [-0.05, 0) is 47.9 Å². The average Bonchev–Trinajstić information content (AvgIpc) is 2.63. The summed E-state index contributed by atoms with van der Waals surface area (Å²) in [5.41, 5.74) is 1.98. The van der Waals surface area contributed by atoms with E-state index >= 15 is 0 Å². The van der Waals surface area contributed by atoms with Crippen molar-refractivity contribution in [3.8, 4) is 5.75 Å². The Morgan fingerprint density at radius 3 is 2.61 bits per heavy atom. The van der Waals surface area contributed by atoms with Crippen LogP contribution >= 0.6 is 0 Å². The third-order valence-corrected chi connectivity index (χ3v) is 4.94. The van der Waals surface area contributed by atoms with Gasteiger partial charge in [0.1, 0.15) is 12.4 Å². The van der Waals surface area contributed by atoms with Crippen LogP contribution in [-0.4, -0.2) is 30.9 Å². The Bertz CT molecular complexity index is 846. The van der Waals surface area contributed by atoms with Crippen LogP contribution in [0.25, 0.3) is 0 Å². The van der Waals surface area contributed by atoms with Gasteiger partial charge in [-0.2, -0.15) is 13.2 Å². The third-order valence-electron chi connectivity index (χ3n) is 4.94. The van der Waals surface area contributed by atoms with Crippen LogP contribution in [0.5, 0.6) is 5.75 Å². The van der Waals surface area contributed by atoms with E-state index in [0.29, 0.717) is 11.3 Å². The fourth-order valence-corrected chi connectivity index (χ4v) is 3.25. The summed E-state index contributed by atoms with van der Waals surface area (Å²) in [6.45, 7) is 4.29. The van der Waals surface area contributed by atoms with Crippen molar-refractivity contribution in [1.82, 2.24) is 10.2 Å². The largest absolute Gasteiger partial charge is 0.489 e. The number of hydrogen-bond acceptors (Lipinski definition) is 3. The highest BCUT2D eigenvalue weighted by Gasteiger charge is 2.32. The molecule has 0 aliphatic carbocycles. The SMILES string of the molecule is CNC(=O)C1CN(Cc2ccc(OCc3cccc(C(F)(F)F)c3)cc2C)C1. The highest BCUT2D eigenvalue weighted by atomic mass is 19.4. The first-order chi connectivity index (χ1) is 13.3. The molecule has 2 aromatic rings. The van der Waals surface area contributed by atoms with Crippen molar-refractivity contribution < 1.29 is 22.7 Å². The van der Waals surface area contributed by atoms with Crippen LogP contribution in [0.1, 0.15) is 22.3 Å². The Balaban J connectivity index is 1.56. The summed E-state index contributed by atoms with van der Waals surface area (Å²) in [5.74, 6) is 0.747. The number of benzene rings is 2. The topological polar surface area (TPSA) is 41.6 Å². The summed E-state index contributed by atoms with van der Waals surface area (Å²) in [6, 6.07) is 10.8. The molecule has 1 heterocycles. The highest BCUT2D eigenvalue weighted by molar-refractivity contribution is 5.79. The van der Waals surface area contributed by atoms with Crippen molar-refractivity contribution >= 4 is 5.91 Å². The maximum absolute atomic E-state index is 12.8. The van der Waals surface area contributed by atoms with E-state index in [-0.39, 0.29) is 18.4 Å². The van der Waals surface area contributed by atoms with Gasteiger partial charge in [0.25, 0.3) is 0 Å². The number of likely N-dealkylation sites (tertiary alicyclic amines) is 1. The molecule has 0 unspecified atom stereocenters. The van der Waals surface area contributed by atoms with Gasteiger partial charge in [0, 0.05) is 26.7 Å². The number of hydrogen-bond donors (Lipinski definition) is 1. The molecule has 28 heavy (non-hydrogen) atoms. The second-order valence-corrected chi connectivity index (χ2v) is 7.08. The number of ether oxygens (including phenoxy) is 1. The number of rotatable bonds is 6. The molecular weight excluding hydrogens is 369 g/mol. The zero-order valence-corrected chi connectivity index (χ0v) is 15.8. The number of nitrogens with zero attached hydrogens (tertiary/aromatic N) is 1. The summed E-state index contributed by atoms with van der Waals surface area (Å²) in [4.78, 5) is 13.8. The first kappa shape index (κ1) is 20.2. The van der Waals surface area contributed by atoms with Gasteiger partial charge < -0.3 is 10.1 Å². The molecule has 4 nitrogen and oxygen atoms in total. The standard InChI is InChI=1S/C21H23F3N2O2/c1-14-8-19(28-13-15-4-3-5-18(9-15)21(22,23)24)7-6-16(14)10-26-11-17(12-26)20(27)25-2/h3-9,17H,10-13H2,1-2H3,(H,25,27). The van der Waals surface area contributed by atoms with Crippen molar-refractivity contribution in [3.63, 3.8) is 0 Å². The zero-order chi connectivity index (χ0) is 20.3. The monoisotopic (exact) mass is 392 g/mol. The molecule has 150 valence electrons. The van der Waals surface area contributed by atoms with Gasteiger partial charge in [0.05, 0.1) is 11.5 Å². The zero-order valence-electron chi connectivity index (χ0n) is 15.8. The third kappa shape index (κ3) is 4.84. The van der Waals surface area contributed by atoms with Gasteiger partial charge in [0.2, 0.25) is 5.91 Å². The lowest BCUT2D eigenvalue weighted by molar-refractivity contribution is -0.137. The maximum Gasteiger partial charge on any atom is 0.416 e. The Kier molecular flexibility index (Phi) is 5.93. The predicted octanol–water partition coefficient (Wildman–Crippen LogP) is 3.77. The molecule has 1 fully saturated rings. The van der Waals surface area contributed by atoms with Crippen molar-refractivity contribution in [2.75, 3.05) is 20.1 Å². The molecule has 0 bridgehead atoms. The predicted molar refractivity (Wildman–Crippen MR) is 99.8 cm³/mol. The van der Waals surface area contributed by atoms with Crippen LogP contribution in [0.4, 0.5) is 13.2 Å². The average molecular weight is 392 g/mol. The first-order valence-corrected chi connectivity index (χ1v) is 9.08. The molecule has 0 spiro atoms. The molecule has 3 rings (SSSR count). The minimum absolute atomic E-state index is 0.0559. The Hall–Kier alpha value is -2.54. The fourth-order valence-electron chi connectivity index (χ4n) is 3.25. The van der Waals surface area contributed by atoms with Gasteiger partial charge in [-0.25, -0.2) is 0 Å². The van der Waals surface area contributed by atoms with Gasteiger partial charge in [-0.3, -0.25) is 9.69 Å². The summed E-state index contributed by atoms with van der Waals surface area (Å²) in [5, 5.41) is 2.66. The molecule has 0 radical (unpaired) electrons. The van der Waals surface area contributed by atoms with E-state index in [9.17, 15) is 18.0 Å². The van der Waals surface area contributed by atoms with Crippen molar-refractivity contribution in [3.05, 3.63) is 64.7 Å².